The molecule has 35 heavy (non-hydrogen) atoms. The molecule has 0 aliphatic carbocycles. The Balaban J connectivity index is 0.00000167. The van der Waals surface area contributed by atoms with Crippen molar-refractivity contribution >= 4 is 17.5 Å². The molecule has 2 aromatic heterocycles. The number of ether oxygens (including phenoxy) is 2. The number of hydrogen-bond donors (Lipinski definition) is 2. The molecule has 8 heteroatoms. The van der Waals surface area contributed by atoms with E-state index in [4.69, 9.17) is 19.4 Å². The van der Waals surface area contributed by atoms with E-state index in [1.165, 1.54) is 0 Å². The second kappa shape index (κ2) is 12.9. The molecule has 1 fully saturated rings. The van der Waals surface area contributed by atoms with E-state index in [9.17, 15) is 0 Å². The average Bonchev–Trinajstić information content (AvgIpc) is 2.93. The third-order valence-electron chi connectivity index (χ3n) is 5.96. The van der Waals surface area contributed by atoms with E-state index in [2.05, 4.69) is 46.5 Å². The van der Waals surface area contributed by atoms with E-state index in [-0.39, 0.29) is 0 Å². The molecule has 0 saturated carbocycles. The lowest BCUT2D eigenvalue weighted by atomic mass is 10.1. The predicted octanol–water partition coefficient (Wildman–Crippen LogP) is 5.08. The Morgan fingerprint density at radius 1 is 1.09 bits per heavy atom. The zero-order valence-corrected chi connectivity index (χ0v) is 21.8. The Kier molecular flexibility index (Phi) is 9.66. The number of hydrogen-bond acceptors (Lipinski definition) is 8. The highest BCUT2D eigenvalue weighted by Crippen LogP contribution is 2.35. The van der Waals surface area contributed by atoms with Crippen molar-refractivity contribution in [2.75, 3.05) is 44.1 Å². The van der Waals surface area contributed by atoms with Crippen LogP contribution in [-0.2, 0) is 6.42 Å². The lowest BCUT2D eigenvalue weighted by molar-refractivity contribution is 0.352. The maximum absolute atomic E-state index is 5.51. The first-order valence-electron chi connectivity index (χ1n) is 12.4. The summed E-state index contributed by atoms with van der Waals surface area (Å²) in [5, 5.41) is 6.84. The molecule has 188 valence electrons. The summed E-state index contributed by atoms with van der Waals surface area (Å²) in [4.78, 5) is 16.1. The fraction of sp³-hybridized carbons (Fsp3) is 0.444. The maximum atomic E-state index is 5.51. The van der Waals surface area contributed by atoms with Crippen molar-refractivity contribution in [1.82, 2.24) is 20.3 Å². The van der Waals surface area contributed by atoms with Crippen LogP contribution in [0, 0.1) is 0 Å². The summed E-state index contributed by atoms with van der Waals surface area (Å²) in [5.74, 6) is 2.94. The minimum absolute atomic E-state index is 0.513. The molecule has 0 spiro atoms. The molecule has 1 aromatic carbocycles. The average molecular weight is 479 g/mol. The van der Waals surface area contributed by atoms with Crippen molar-refractivity contribution in [3.8, 4) is 22.8 Å². The van der Waals surface area contributed by atoms with Crippen LogP contribution in [-0.4, -0.2) is 54.8 Å². The second-order valence-corrected chi connectivity index (χ2v) is 8.03. The Morgan fingerprint density at radius 3 is 2.57 bits per heavy atom. The highest BCUT2D eigenvalue weighted by atomic mass is 16.5. The van der Waals surface area contributed by atoms with Crippen LogP contribution in [0.15, 0.2) is 42.7 Å². The molecule has 1 aliphatic heterocycles. The van der Waals surface area contributed by atoms with Crippen molar-refractivity contribution < 1.29 is 9.47 Å². The highest BCUT2D eigenvalue weighted by molar-refractivity contribution is 5.65. The summed E-state index contributed by atoms with van der Waals surface area (Å²) in [5.41, 5.74) is 3.66. The normalized spacial score (nSPS) is 15.1. The van der Waals surface area contributed by atoms with Crippen molar-refractivity contribution in [3.05, 3.63) is 48.3 Å². The third kappa shape index (κ3) is 6.39. The highest BCUT2D eigenvalue weighted by Gasteiger charge is 2.19. The number of benzene rings is 1. The van der Waals surface area contributed by atoms with Crippen molar-refractivity contribution in [2.45, 2.75) is 46.6 Å². The molecule has 0 bridgehead atoms. The van der Waals surface area contributed by atoms with Crippen LogP contribution in [0.1, 0.15) is 39.7 Å². The summed E-state index contributed by atoms with van der Waals surface area (Å²) in [7, 11) is 3.29. The predicted molar refractivity (Wildman–Crippen MR) is 143 cm³/mol. The van der Waals surface area contributed by atoms with Gasteiger partial charge in [-0.25, -0.2) is 15.0 Å². The summed E-state index contributed by atoms with van der Waals surface area (Å²) in [6, 6.07) is 10.5. The third-order valence-corrected chi connectivity index (χ3v) is 5.96. The van der Waals surface area contributed by atoms with Gasteiger partial charge in [-0.3, -0.25) is 0 Å². The molecule has 4 rings (SSSR count). The van der Waals surface area contributed by atoms with Crippen LogP contribution in [0.3, 0.4) is 0 Å². The van der Waals surface area contributed by atoms with Crippen LogP contribution >= 0.6 is 0 Å². The summed E-state index contributed by atoms with van der Waals surface area (Å²) < 4.78 is 11.0. The zero-order valence-electron chi connectivity index (χ0n) is 21.8. The van der Waals surface area contributed by atoms with Crippen LogP contribution in [0.25, 0.3) is 11.3 Å². The zero-order chi connectivity index (χ0) is 25.2. The van der Waals surface area contributed by atoms with Gasteiger partial charge in [-0.2, -0.15) is 0 Å². The molecule has 8 nitrogen and oxygen atoms in total. The van der Waals surface area contributed by atoms with Crippen LogP contribution in [0.2, 0.25) is 0 Å². The number of nitrogens with zero attached hydrogens (tertiary/aromatic N) is 4. The number of aromatic nitrogens is 3. The van der Waals surface area contributed by atoms with Crippen LogP contribution in [0.5, 0.6) is 11.5 Å². The Morgan fingerprint density at radius 2 is 1.91 bits per heavy atom. The number of nitrogens with one attached hydrogen (secondary N) is 2. The van der Waals surface area contributed by atoms with Crippen molar-refractivity contribution in [2.24, 2.45) is 0 Å². The second-order valence-electron chi connectivity index (χ2n) is 8.03. The van der Waals surface area contributed by atoms with E-state index in [1.807, 2.05) is 38.2 Å². The lowest BCUT2D eigenvalue weighted by Crippen LogP contribution is -2.50. The maximum Gasteiger partial charge on any atom is 0.227 e. The SMILES string of the molecule is CC.CCc1cc(Nc2nccc(-c3ccc(N4CCNC(CC)C4)nc3)n2)cc(OC)c1OC. The number of anilines is 3. The minimum atomic E-state index is 0.513. The molecule has 1 unspecified atom stereocenters. The smallest absolute Gasteiger partial charge is 0.227 e. The Labute approximate surface area is 209 Å². The molecule has 3 heterocycles. The van der Waals surface area contributed by atoms with E-state index >= 15 is 0 Å². The number of aryl methyl sites for hydroxylation is 1. The number of methoxy groups -OCH3 is 2. The van der Waals surface area contributed by atoms with Gasteiger partial charge in [0.2, 0.25) is 5.95 Å². The molecule has 1 atom stereocenters. The molecule has 3 aromatic rings. The first kappa shape index (κ1) is 26.2. The fourth-order valence-electron chi connectivity index (χ4n) is 4.12. The molecule has 1 aliphatic rings. The largest absolute Gasteiger partial charge is 0.493 e. The van der Waals surface area contributed by atoms with Crippen molar-refractivity contribution in [1.29, 1.82) is 0 Å². The van der Waals surface area contributed by atoms with Gasteiger partial charge in [0.15, 0.2) is 11.5 Å². The summed E-state index contributed by atoms with van der Waals surface area (Å²) in [6.45, 7) is 11.2. The van der Waals surface area contributed by atoms with E-state index < -0.39 is 0 Å². The van der Waals surface area contributed by atoms with Gasteiger partial charge < -0.3 is 25.0 Å². The Hall–Kier alpha value is -3.39. The molecule has 0 radical (unpaired) electrons. The topological polar surface area (TPSA) is 84.4 Å². The van der Waals surface area contributed by atoms with Gasteiger partial charge >= 0.3 is 0 Å². The van der Waals surface area contributed by atoms with Gasteiger partial charge in [0.1, 0.15) is 5.82 Å². The minimum Gasteiger partial charge on any atom is -0.493 e. The van der Waals surface area contributed by atoms with Crippen molar-refractivity contribution in [3.63, 3.8) is 0 Å². The molecular weight excluding hydrogens is 440 g/mol. The van der Waals surface area contributed by atoms with Gasteiger partial charge in [0, 0.05) is 55.4 Å². The van der Waals surface area contributed by atoms with Gasteiger partial charge in [-0.1, -0.05) is 27.7 Å². The number of piperazine rings is 1. The van der Waals surface area contributed by atoms with Gasteiger partial charge in [-0.15, -0.1) is 0 Å². The van der Waals surface area contributed by atoms with Gasteiger partial charge in [-0.05, 0) is 42.7 Å². The fourth-order valence-corrected chi connectivity index (χ4v) is 4.12. The molecule has 2 N–H and O–H groups in total. The lowest BCUT2D eigenvalue weighted by Gasteiger charge is -2.34. The van der Waals surface area contributed by atoms with E-state index in [0.29, 0.717) is 17.7 Å². The molecule has 0 amide bonds. The summed E-state index contributed by atoms with van der Waals surface area (Å²) in [6.07, 6.45) is 5.57. The first-order chi connectivity index (χ1) is 17.1. The monoisotopic (exact) mass is 478 g/mol. The van der Waals surface area contributed by atoms with Gasteiger partial charge in [0.25, 0.3) is 0 Å². The standard InChI is InChI=1S/C25H32N6O2.C2H6/c1-5-17-13-20(14-22(32-3)24(17)33-4)29-25-27-10-9-21(30-25)18-7-8-23(28-15-18)31-12-11-26-19(6-2)16-31;1-2/h7-10,13-15,19,26H,5-6,11-12,16H2,1-4H3,(H,27,29,30);1-2H3. The van der Waals surface area contributed by atoms with Gasteiger partial charge in [0.05, 0.1) is 19.9 Å². The quantitative estimate of drug-likeness (QED) is 0.464. The Bertz CT molecular complexity index is 1050. The van der Waals surface area contributed by atoms with E-state index in [0.717, 1.165) is 66.6 Å². The summed E-state index contributed by atoms with van der Waals surface area (Å²) >= 11 is 0. The van der Waals surface area contributed by atoms with Crippen LogP contribution in [0.4, 0.5) is 17.5 Å². The number of pyridine rings is 1. The number of rotatable bonds is 8. The van der Waals surface area contributed by atoms with E-state index in [1.54, 1.807) is 20.4 Å². The van der Waals surface area contributed by atoms with Crippen LogP contribution < -0.4 is 25.0 Å². The first-order valence-corrected chi connectivity index (χ1v) is 12.4. The molecular formula is C27H38N6O2. The molecule has 1 saturated heterocycles.